The van der Waals surface area contributed by atoms with Crippen LogP contribution in [-0.2, 0) is 6.54 Å². The topological polar surface area (TPSA) is 36.0 Å². The lowest BCUT2D eigenvalue weighted by Gasteiger charge is -2.40. The molecule has 5 heteroatoms. The Morgan fingerprint density at radius 2 is 1.56 bits per heavy atom. The van der Waals surface area contributed by atoms with E-state index in [-0.39, 0.29) is 13.3 Å². The molecule has 3 aromatic rings. The van der Waals surface area contributed by atoms with Crippen molar-refractivity contribution in [2.75, 3.05) is 38.2 Å². The molecule has 0 radical (unpaired) electrons. The minimum absolute atomic E-state index is 0. The molecule has 0 spiro atoms. The van der Waals surface area contributed by atoms with Gasteiger partial charge < -0.3 is 14.5 Å². The highest BCUT2D eigenvalue weighted by atomic mass is 16.5. The number of piperidine rings is 1. The Morgan fingerprint density at radius 1 is 0.889 bits per heavy atom. The largest absolute Gasteiger partial charge is 0.497 e. The van der Waals surface area contributed by atoms with Crippen LogP contribution in [0.3, 0.4) is 0 Å². The summed E-state index contributed by atoms with van der Waals surface area (Å²) in [5.74, 6) is 0.936. The SMILES string of the molecule is C.CCN(CC)C(=O)c1ccc(N(c2cccc(OC)c2)C2CCN(Cc3ccccc3)CC2)cc1. The van der Waals surface area contributed by atoms with Gasteiger partial charge in [-0.05, 0) is 68.7 Å². The molecule has 3 aromatic carbocycles. The van der Waals surface area contributed by atoms with Gasteiger partial charge in [0.05, 0.1) is 7.11 Å². The van der Waals surface area contributed by atoms with Crippen LogP contribution in [0.4, 0.5) is 11.4 Å². The Morgan fingerprint density at radius 3 is 2.17 bits per heavy atom. The van der Waals surface area contributed by atoms with Crippen LogP contribution in [0, 0.1) is 0 Å². The first kappa shape index (κ1) is 27.3. The van der Waals surface area contributed by atoms with E-state index < -0.39 is 0 Å². The summed E-state index contributed by atoms with van der Waals surface area (Å²) in [6, 6.07) is 27.5. The van der Waals surface area contributed by atoms with Crippen molar-refractivity contribution in [2.24, 2.45) is 0 Å². The molecule has 0 aliphatic carbocycles. The van der Waals surface area contributed by atoms with Crippen molar-refractivity contribution in [2.45, 2.75) is 46.7 Å². The van der Waals surface area contributed by atoms with Crippen molar-refractivity contribution in [1.29, 1.82) is 0 Å². The molecule has 1 fully saturated rings. The summed E-state index contributed by atoms with van der Waals surface area (Å²) in [5, 5.41) is 0. The second-order valence-electron chi connectivity index (χ2n) is 9.09. The Kier molecular flexibility index (Phi) is 9.95. The first-order valence-electron chi connectivity index (χ1n) is 12.7. The minimum atomic E-state index is 0. The van der Waals surface area contributed by atoms with Crippen LogP contribution in [-0.4, -0.2) is 55.0 Å². The molecule has 1 heterocycles. The van der Waals surface area contributed by atoms with Gasteiger partial charge in [-0.2, -0.15) is 0 Å². The molecule has 0 N–H and O–H groups in total. The summed E-state index contributed by atoms with van der Waals surface area (Å²) in [7, 11) is 1.71. The molecule has 1 amide bonds. The van der Waals surface area contributed by atoms with E-state index in [0.29, 0.717) is 19.1 Å². The van der Waals surface area contributed by atoms with Crippen LogP contribution < -0.4 is 9.64 Å². The average Bonchev–Trinajstić information content (AvgIpc) is 2.91. The lowest BCUT2D eigenvalue weighted by Crippen LogP contribution is -2.43. The summed E-state index contributed by atoms with van der Waals surface area (Å²) in [4.78, 5) is 19.6. The fourth-order valence-corrected chi connectivity index (χ4v) is 4.97. The first-order valence-corrected chi connectivity index (χ1v) is 12.7. The Labute approximate surface area is 217 Å². The zero-order valence-electron chi connectivity index (χ0n) is 21.2. The van der Waals surface area contributed by atoms with Gasteiger partial charge in [0, 0.05) is 61.8 Å². The minimum Gasteiger partial charge on any atom is -0.497 e. The highest BCUT2D eigenvalue weighted by Gasteiger charge is 2.27. The molecule has 1 aliphatic rings. The van der Waals surface area contributed by atoms with Crippen molar-refractivity contribution in [1.82, 2.24) is 9.80 Å². The highest BCUT2D eigenvalue weighted by molar-refractivity contribution is 5.94. The number of rotatable bonds is 9. The number of carbonyl (C=O) groups excluding carboxylic acids is 1. The number of nitrogens with zero attached hydrogens (tertiary/aromatic N) is 3. The number of ether oxygens (including phenoxy) is 1. The van der Waals surface area contributed by atoms with Crippen molar-refractivity contribution in [3.63, 3.8) is 0 Å². The van der Waals surface area contributed by atoms with E-state index in [1.807, 2.05) is 43.0 Å². The van der Waals surface area contributed by atoms with E-state index in [1.54, 1.807) is 7.11 Å². The number of methoxy groups -OCH3 is 1. The van der Waals surface area contributed by atoms with Gasteiger partial charge in [0.2, 0.25) is 0 Å². The van der Waals surface area contributed by atoms with Crippen LogP contribution in [0.15, 0.2) is 78.9 Å². The summed E-state index contributed by atoms with van der Waals surface area (Å²) < 4.78 is 5.53. The number of likely N-dealkylation sites (tertiary alicyclic amines) is 1. The van der Waals surface area contributed by atoms with Crippen LogP contribution in [0.1, 0.15) is 50.0 Å². The fraction of sp³-hybridized carbons (Fsp3) is 0.387. The molecule has 36 heavy (non-hydrogen) atoms. The molecular weight excluding hydrogens is 446 g/mol. The van der Waals surface area contributed by atoms with Gasteiger partial charge in [-0.15, -0.1) is 0 Å². The number of hydrogen-bond acceptors (Lipinski definition) is 4. The predicted molar refractivity (Wildman–Crippen MR) is 150 cm³/mol. The monoisotopic (exact) mass is 487 g/mol. The maximum absolute atomic E-state index is 12.8. The summed E-state index contributed by atoms with van der Waals surface area (Å²) in [5.41, 5.74) is 4.33. The van der Waals surface area contributed by atoms with E-state index in [1.165, 1.54) is 5.56 Å². The molecule has 0 bridgehead atoms. The zero-order chi connectivity index (χ0) is 24.6. The van der Waals surface area contributed by atoms with E-state index >= 15 is 0 Å². The van der Waals surface area contributed by atoms with Gasteiger partial charge in [0.15, 0.2) is 0 Å². The summed E-state index contributed by atoms with van der Waals surface area (Å²) in [6.45, 7) is 8.57. The van der Waals surface area contributed by atoms with Gasteiger partial charge >= 0.3 is 0 Å². The molecule has 1 aliphatic heterocycles. The average molecular weight is 488 g/mol. The van der Waals surface area contributed by atoms with E-state index in [9.17, 15) is 4.79 Å². The third-order valence-corrected chi connectivity index (χ3v) is 6.95. The molecule has 0 atom stereocenters. The van der Waals surface area contributed by atoms with Crippen molar-refractivity contribution in [3.8, 4) is 5.75 Å². The lowest BCUT2D eigenvalue weighted by molar-refractivity contribution is 0.0773. The number of anilines is 2. The number of carbonyl (C=O) groups is 1. The third-order valence-electron chi connectivity index (χ3n) is 6.95. The van der Waals surface area contributed by atoms with Gasteiger partial charge in [-0.3, -0.25) is 9.69 Å². The van der Waals surface area contributed by atoms with E-state index in [4.69, 9.17) is 4.74 Å². The van der Waals surface area contributed by atoms with Crippen LogP contribution >= 0.6 is 0 Å². The molecule has 0 unspecified atom stereocenters. The van der Waals surface area contributed by atoms with Crippen LogP contribution in [0.25, 0.3) is 0 Å². The molecule has 192 valence electrons. The van der Waals surface area contributed by atoms with Crippen molar-refractivity contribution < 1.29 is 9.53 Å². The third kappa shape index (κ3) is 6.46. The summed E-state index contributed by atoms with van der Waals surface area (Å²) in [6.07, 6.45) is 2.15. The predicted octanol–water partition coefficient (Wildman–Crippen LogP) is 6.62. The van der Waals surface area contributed by atoms with E-state index in [2.05, 4.69) is 64.4 Å². The molecule has 5 nitrogen and oxygen atoms in total. The fourth-order valence-electron chi connectivity index (χ4n) is 4.97. The highest BCUT2D eigenvalue weighted by Crippen LogP contribution is 2.34. The van der Waals surface area contributed by atoms with Crippen LogP contribution in [0.2, 0.25) is 0 Å². The molecule has 1 saturated heterocycles. The van der Waals surface area contributed by atoms with Crippen molar-refractivity contribution >= 4 is 17.3 Å². The second kappa shape index (κ2) is 13.1. The van der Waals surface area contributed by atoms with Gasteiger partial charge in [0.25, 0.3) is 5.91 Å². The summed E-state index contributed by atoms with van der Waals surface area (Å²) >= 11 is 0. The Balaban J connectivity index is 0.00000361. The maximum Gasteiger partial charge on any atom is 0.253 e. The second-order valence-corrected chi connectivity index (χ2v) is 9.09. The molecule has 4 rings (SSSR count). The van der Waals surface area contributed by atoms with Gasteiger partial charge in [-0.25, -0.2) is 0 Å². The zero-order valence-corrected chi connectivity index (χ0v) is 21.2. The molecule has 0 saturated carbocycles. The van der Waals surface area contributed by atoms with Crippen LogP contribution in [0.5, 0.6) is 5.75 Å². The maximum atomic E-state index is 12.8. The number of benzene rings is 3. The van der Waals surface area contributed by atoms with Gasteiger partial charge in [-0.1, -0.05) is 43.8 Å². The lowest BCUT2D eigenvalue weighted by atomic mass is 10.00. The smallest absolute Gasteiger partial charge is 0.253 e. The van der Waals surface area contributed by atoms with E-state index in [0.717, 1.165) is 55.2 Å². The molecule has 0 aromatic heterocycles. The normalized spacial score (nSPS) is 14.1. The van der Waals surface area contributed by atoms with Gasteiger partial charge in [0.1, 0.15) is 5.75 Å². The van der Waals surface area contributed by atoms with Crippen molar-refractivity contribution in [3.05, 3.63) is 90.0 Å². The quantitative estimate of drug-likeness (QED) is 0.340. The Hall–Kier alpha value is -3.31. The number of amides is 1. The molecular formula is C31H41N3O2. The number of hydrogen-bond donors (Lipinski definition) is 0. The standard InChI is InChI=1S/C30H37N3O2.CH4/c1-4-32(5-2)30(34)25-14-16-26(17-15-25)33(28-12-9-13-29(22-28)35-3)27-18-20-31(21-19-27)23-24-10-7-6-8-11-24;/h6-17,22,27H,4-5,18-21,23H2,1-3H3;1H4. The first-order chi connectivity index (χ1) is 17.1. The Bertz CT molecular complexity index is 1070.